The summed E-state index contributed by atoms with van der Waals surface area (Å²) >= 11 is 0. The summed E-state index contributed by atoms with van der Waals surface area (Å²) in [6, 6.07) is 9.47. The molecule has 8 nitrogen and oxygen atoms in total. The predicted molar refractivity (Wildman–Crippen MR) is 381 cm³/mol. The van der Waals surface area contributed by atoms with Gasteiger partial charge in [-0.3, -0.25) is 0 Å². The number of benzene rings is 4. The second kappa shape index (κ2) is 29.9. The summed E-state index contributed by atoms with van der Waals surface area (Å²) < 4.78 is 416. The lowest BCUT2D eigenvalue weighted by Crippen LogP contribution is -2.45. The molecule has 0 aromatic heterocycles. The minimum atomic E-state index is -3.46. The third kappa shape index (κ3) is 16.1. The monoisotopic (exact) mass is 1310 g/mol. The van der Waals surface area contributed by atoms with Crippen molar-refractivity contribution in [2.45, 2.75) is 310 Å². The van der Waals surface area contributed by atoms with E-state index < -0.39 is 243 Å². The molecule has 4 N–H and O–H groups in total. The molecule has 0 spiro atoms. The number of phenolic OH excluding ortho intramolecular Hbond substituents is 4. The first-order valence-electron chi connectivity index (χ1n) is 55.9. The second-order valence-corrected chi connectivity index (χ2v) is 24.8. The van der Waals surface area contributed by atoms with E-state index in [1.807, 2.05) is 27.7 Å². The van der Waals surface area contributed by atoms with E-state index in [2.05, 4.69) is 0 Å². The first kappa shape index (κ1) is 31.0. The van der Waals surface area contributed by atoms with Crippen molar-refractivity contribution in [1.82, 2.24) is 0 Å². The zero-order valence-electron chi connectivity index (χ0n) is 101. The Morgan fingerprint density at radius 1 is 0.402 bits per heavy atom. The van der Waals surface area contributed by atoms with Gasteiger partial charge >= 0.3 is 0 Å². The Balaban J connectivity index is 0.000000209. The fraction of sp³-hybridized carbons (Fsp3) is 0.619. The zero-order valence-corrected chi connectivity index (χ0v) is 52.9. The number of hydrogen-bond acceptors (Lipinski definition) is 8. The van der Waals surface area contributed by atoms with Crippen molar-refractivity contribution in [3.8, 4) is 46.0 Å². The number of rotatable bonds is 16. The van der Waals surface area contributed by atoms with Crippen molar-refractivity contribution in [1.29, 1.82) is 0 Å². The van der Waals surface area contributed by atoms with Crippen LogP contribution >= 0.6 is 0 Å². The van der Waals surface area contributed by atoms with Gasteiger partial charge in [0.05, 0.1) is 0 Å². The molecule has 0 amide bonds. The number of ether oxygens (including phenoxy) is 4. The largest absolute Gasteiger partial charge is 0.507 e. The highest BCUT2D eigenvalue weighted by atomic mass is 16.5. The lowest BCUT2D eigenvalue weighted by atomic mass is 9.68. The molecule has 8 atom stereocenters. The number of hydrogen-bond donors (Lipinski definition) is 4. The molecule has 0 unspecified atom stereocenters. The van der Waals surface area contributed by atoms with Crippen LogP contribution in [0.5, 0.6) is 46.0 Å². The maximum Gasteiger partial charge on any atom is 0.127 e. The van der Waals surface area contributed by atoms with Gasteiger partial charge in [-0.05, 0) is 255 Å². The highest BCUT2D eigenvalue weighted by Crippen LogP contribution is 2.58. The molecule has 8 heteroatoms. The topological polar surface area (TPSA) is 118 Å². The molecule has 12 rings (SSSR count). The van der Waals surface area contributed by atoms with E-state index in [4.69, 9.17) is 83.4 Å². The summed E-state index contributed by atoms with van der Waals surface area (Å²) in [5.41, 5.74) is -12.9. The van der Waals surface area contributed by atoms with Crippen LogP contribution in [-0.4, -0.2) is 42.8 Å². The quantitative estimate of drug-likeness (QED) is 0.0820. The fourth-order valence-electron chi connectivity index (χ4n) is 12.9. The molecule has 0 radical (unpaired) electrons. The van der Waals surface area contributed by atoms with Crippen LogP contribution in [0, 0.1) is 23.7 Å². The fourth-order valence-corrected chi connectivity index (χ4v) is 12.9. The van der Waals surface area contributed by atoms with Crippen LogP contribution in [0.25, 0.3) is 0 Å². The Labute approximate surface area is 624 Å². The normalized spacial score (nSPS) is 37.4. The molecule has 8 aliphatic rings. The summed E-state index contributed by atoms with van der Waals surface area (Å²) in [6.07, 6.45) is -7.27. The first-order chi connectivity index (χ1) is 62.8. The van der Waals surface area contributed by atoms with Gasteiger partial charge in [-0.25, -0.2) is 0 Å². The maximum absolute atomic E-state index is 11.0. The molecule has 4 aromatic rings. The minimum Gasteiger partial charge on any atom is -0.507 e. The van der Waals surface area contributed by atoms with Crippen LogP contribution < -0.4 is 18.9 Å². The van der Waals surface area contributed by atoms with Crippen LogP contribution in [0.1, 0.15) is 372 Å². The smallest absolute Gasteiger partial charge is 0.127 e. The molecule has 0 saturated carbocycles. The van der Waals surface area contributed by atoms with Crippen LogP contribution in [0.15, 0.2) is 95.1 Å². The van der Waals surface area contributed by atoms with Gasteiger partial charge in [-0.15, -0.1) is 0 Å². The SMILES string of the molecule is [2H]C([2H])([2H])C1=C[C@@]2([2H])c3c(O)cc(C([2H])([2H])CCCC)cc3OC(C([2H])([2H])[2H])(C([2H])([2H])[2H])[C@@H]2CC1([2H])[2H].[2H]C([2H])([2H])C1=C[C@H]2c3c(O)cc(C([2H])([2H])CCCC)cc3OC(C([2H])([2H])[2H])(C([2H])([2H])[2H])[C@@H]2CC1.[2H]C([2H])([2H])C1=C[C@H]2c3c(O)cc(C([2H])([2H])CCCC)cc3OC(C([2H])([2H])[2H])(C([2H])([2H])[2H])[C@@H]2CC1([2H])[2H].[2H]C1([2H])C[C@@H]2[C@@H](C=C1C)c1c(O)cc(C([2H])([2H])CCCC)cc1OC2(C([2H])([2H])[2H])C([2H])([2H])[2H]. The third-order valence-electron chi connectivity index (χ3n) is 17.8. The zero-order chi connectivity index (χ0) is 107. The second-order valence-electron chi connectivity index (χ2n) is 24.8. The predicted octanol–water partition coefficient (Wildman–Crippen LogP) is 22.9. The molecule has 504 valence electrons. The van der Waals surface area contributed by atoms with E-state index in [1.54, 1.807) is 6.92 Å². The minimum absolute atomic E-state index is 0.0251. The number of aryl methyl sites for hydroxylation is 4. The molecule has 0 saturated heterocycles. The van der Waals surface area contributed by atoms with Crippen molar-refractivity contribution in [2.75, 3.05) is 0 Å². The van der Waals surface area contributed by atoms with Crippen molar-refractivity contribution in [2.24, 2.45) is 23.7 Å². The van der Waals surface area contributed by atoms with Gasteiger partial charge in [0.15, 0.2) is 0 Å². The van der Waals surface area contributed by atoms with Gasteiger partial charge in [0.2, 0.25) is 0 Å². The number of aromatic hydroxyl groups is 4. The summed E-state index contributed by atoms with van der Waals surface area (Å²) in [7, 11) is 0. The van der Waals surface area contributed by atoms with Crippen LogP contribution in [0.2, 0.25) is 0 Å². The van der Waals surface area contributed by atoms with E-state index in [-0.39, 0.29) is 112 Å². The number of unbranched alkanes of at least 4 members (excludes halogenated alkanes) is 4. The third-order valence-corrected chi connectivity index (χ3v) is 17.8. The lowest BCUT2D eigenvalue weighted by molar-refractivity contribution is 0.0104. The summed E-state index contributed by atoms with van der Waals surface area (Å²) in [5, 5.41) is 43.8. The molecule has 4 heterocycles. The van der Waals surface area contributed by atoms with E-state index in [0.29, 0.717) is 50.2 Å². The summed E-state index contributed by atoms with van der Waals surface area (Å²) in [5.74, 6) is -15.1. The highest BCUT2D eigenvalue weighted by molar-refractivity contribution is 5.58. The summed E-state index contributed by atoms with van der Waals surface area (Å²) in [6.45, 7) is -25.4. The van der Waals surface area contributed by atoms with Gasteiger partial charge < -0.3 is 39.4 Å². The van der Waals surface area contributed by atoms with Crippen LogP contribution in [0.3, 0.4) is 0 Å². The van der Waals surface area contributed by atoms with Gasteiger partial charge in [0.1, 0.15) is 68.4 Å². The standard InChI is InChI=1S/4C21H30O2/c4*1-5-6-7-8-15-12-18(22)20-16-11-14(2)9-10-17(16)21(3,4)23-19(20)13-15/h4*11-13,16-17,22H,5-10H2,1-4H3/t4*16-,17-/m1111/s1/i2D3,3D3,4D3,8D2,9D2,16D;2D3,3D3,4D3,8D2,9D2;3D3,4D3,8D2,9D2;2D3,3D3,4D3,8D2. The van der Waals surface area contributed by atoms with Crippen molar-refractivity contribution < 1.29 is 105 Å². The molecule has 92 heavy (non-hydrogen) atoms. The van der Waals surface area contributed by atoms with Gasteiger partial charge in [0, 0.05) is 135 Å². The lowest BCUT2D eigenvalue weighted by Gasteiger charge is -2.46. The van der Waals surface area contributed by atoms with Gasteiger partial charge in [0.25, 0.3) is 0 Å². The van der Waals surface area contributed by atoms with Crippen molar-refractivity contribution >= 4 is 0 Å². The van der Waals surface area contributed by atoms with E-state index in [0.717, 1.165) is 37.1 Å². The molecular weight excluding hydrogens is 1140 g/mol. The van der Waals surface area contributed by atoms with E-state index in [1.165, 1.54) is 42.5 Å². The average Bonchev–Trinajstić information content (AvgIpc) is 0.681. The van der Waals surface area contributed by atoms with Crippen molar-refractivity contribution in [3.05, 3.63) is 140 Å². The maximum atomic E-state index is 11.0. The number of fused-ring (bicyclic) bond motifs is 12. The van der Waals surface area contributed by atoms with Crippen LogP contribution in [-0.2, 0) is 25.5 Å². The first-order valence-corrected chi connectivity index (χ1v) is 31.9. The molecule has 0 fully saturated rings. The Bertz CT molecular complexity index is 5250. The Morgan fingerprint density at radius 2 is 0.707 bits per heavy atom. The molecular formula is C84H120O8. The molecule has 4 aliphatic carbocycles. The number of allylic oxidation sites excluding steroid dienone is 8. The van der Waals surface area contributed by atoms with Gasteiger partial charge in [-0.1, -0.05) is 126 Å². The Morgan fingerprint density at radius 3 is 1.08 bits per heavy atom. The van der Waals surface area contributed by atoms with Gasteiger partial charge in [-0.2, -0.15) is 0 Å². The summed E-state index contributed by atoms with van der Waals surface area (Å²) in [4.78, 5) is 0. The van der Waals surface area contributed by atoms with E-state index >= 15 is 0 Å². The number of phenols is 4. The Hall–Kier alpha value is -5.76. The van der Waals surface area contributed by atoms with Crippen molar-refractivity contribution in [3.63, 3.8) is 0 Å². The Kier molecular flexibility index (Phi) is 10.1. The molecule has 4 aromatic carbocycles. The highest BCUT2D eigenvalue weighted by Gasteiger charge is 2.49. The molecule has 4 aliphatic heterocycles. The van der Waals surface area contributed by atoms with E-state index in [9.17, 15) is 21.8 Å². The van der Waals surface area contributed by atoms with Crippen LogP contribution in [0.4, 0.5) is 0 Å². The molecule has 0 bridgehead atoms. The average molecular weight is 1310 g/mol.